The van der Waals surface area contributed by atoms with Crippen molar-refractivity contribution in [2.75, 3.05) is 30.5 Å². The third kappa shape index (κ3) is 4.86. The third-order valence-corrected chi connectivity index (χ3v) is 5.18. The fourth-order valence-electron chi connectivity index (χ4n) is 3.58. The van der Waals surface area contributed by atoms with Crippen LogP contribution in [-0.4, -0.2) is 32.1 Å². The highest BCUT2D eigenvalue weighted by atomic mass is 16.5. The smallest absolute Gasteiger partial charge is 0.265 e. The van der Waals surface area contributed by atoms with Gasteiger partial charge in [-0.15, -0.1) is 0 Å². The average molecular weight is 416 g/mol. The van der Waals surface area contributed by atoms with Crippen LogP contribution in [0.3, 0.4) is 0 Å². The van der Waals surface area contributed by atoms with Crippen molar-refractivity contribution in [1.82, 2.24) is 0 Å². The Kier molecular flexibility index (Phi) is 6.17. The number of aryl methyl sites for hydroxylation is 1. The summed E-state index contributed by atoms with van der Waals surface area (Å²) < 4.78 is 10.8. The van der Waals surface area contributed by atoms with Crippen molar-refractivity contribution in [3.05, 3.63) is 83.9 Å². The molecule has 6 heteroatoms. The van der Waals surface area contributed by atoms with Crippen LogP contribution in [0.15, 0.2) is 72.8 Å². The summed E-state index contributed by atoms with van der Waals surface area (Å²) in [4.78, 5) is 26.9. The summed E-state index contributed by atoms with van der Waals surface area (Å²) in [6.07, 6.45) is 1.71. The van der Waals surface area contributed by atoms with Gasteiger partial charge in [0.2, 0.25) is 0 Å². The molecule has 0 saturated heterocycles. The number of hydrogen-bond donors (Lipinski definition) is 1. The van der Waals surface area contributed by atoms with Gasteiger partial charge in [-0.3, -0.25) is 9.59 Å². The number of ether oxygens (including phenoxy) is 2. The van der Waals surface area contributed by atoms with Crippen molar-refractivity contribution in [1.29, 1.82) is 0 Å². The van der Waals surface area contributed by atoms with Crippen LogP contribution in [0.2, 0.25) is 0 Å². The molecule has 1 aliphatic rings. The zero-order chi connectivity index (χ0) is 21.6. The molecule has 1 heterocycles. The van der Waals surface area contributed by atoms with E-state index in [-0.39, 0.29) is 18.4 Å². The van der Waals surface area contributed by atoms with Crippen molar-refractivity contribution in [2.45, 2.75) is 12.8 Å². The molecule has 0 fully saturated rings. The average Bonchev–Trinajstić information content (AvgIpc) is 2.81. The lowest BCUT2D eigenvalue weighted by Crippen LogP contribution is -2.39. The minimum atomic E-state index is -0.252. The summed E-state index contributed by atoms with van der Waals surface area (Å²) in [5, 5.41) is 2.89. The van der Waals surface area contributed by atoms with Crippen molar-refractivity contribution < 1.29 is 19.1 Å². The molecule has 2 amide bonds. The van der Waals surface area contributed by atoms with Crippen molar-refractivity contribution in [3.8, 4) is 11.5 Å². The molecule has 0 atom stereocenters. The van der Waals surface area contributed by atoms with E-state index in [0.29, 0.717) is 35.0 Å². The van der Waals surface area contributed by atoms with Crippen LogP contribution >= 0.6 is 0 Å². The van der Waals surface area contributed by atoms with E-state index in [1.54, 1.807) is 54.5 Å². The summed E-state index contributed by atoms with van der Waals surface area (Å²) in [5.41, 5.74) is 3.00. The van der Waals surface area contributed by atoms with Gasteiger partial charge in [-0.1, -0.05) is 36.4 Å². The van der Waals surface area contributed by atoms with Crippen molar-refractivity contribution >= 4 is 23.2 Å². The molecule has 4 rings (SSSR count). The molecule has 0 radical (unpaired) electrons. The van der Waals surface area contributed by atoms with Gasteiger partial charge in [-0.2, -0.15) is 0 Å². The Bertz CT molecular complexity index is 1080. The number of carbonyl (C=O) groups is 2. The van der Waals surface area contributed by atoms with E-state index in [1.807, 2.05) is 18.2 Å². The fraction of sp³-hybridized carbons (Fsp3) is 0.200. The van der Waals surface area contributed by atoms with Crippen LogP contribution in [0, 0.1) is 0 Å². The van der Waals surface area contributed by atoms with Gasteiger partial charge < -0.3 is 19.7 Å². The Balaban J connectivity index is 1.48. The summed E-state index contributed by atoms with van der Waals surface area (Å²) in [5.74, 6) is 0.912. The molecule has 3 aromatic carbocycles. The zero-order valence-corrected chi connectivity index (χ0v) is 17.3. The highest BCUT2D eigenvalue weighted by Gasteiger charge is 2.25. The highest BCUT2D eigenvalue weighted by molar-refractivity contribution is 6.05. The van der Waals surface area contributed by atoms with Crippen LogP contribution in [0.4, 0.5) is 11.4 Å². The second kappa shape index (κ2) is 9.34. The first-order chi connectivity index (χ1) is 15.1. The minimum absolute atomic E-state index is 0.0217. The van der Waals surface area contributed by atoms with E-state index < -0.39 is 0 Å². The SMILES string of the molecule is COc1cccc(C(=O)Nc2ccc3c(c2)N(CCCc2ccccc2)C(=O)CO3)c1. The number of rotatable bonds is 7. The van der Waals surface area contributed by atoms with Gasteiger partial charge in [0, 0.05) is 17.8 Å². The molecule has 0 unspecified atom stereocenters. The predicted molar refractivity (Wildman–Crippen MR) is 120 cm³/mol. The summed E-state index contributed by atoms with van der Waals surface area (Å²) in [6.45, 7) is 0.602. The first-order valence-electron chi connectivity index (χ1n) is 10.2. The Morgan fingerprint density at radius 2 is 1.90 bits per heavy atom. The van der Waals surface area contributed by atoms with Crippen molar-refractivity contribution in [3.63, 3.8) is 0 Å². The lowest BCUT2D eigenvalue weighted by molar-refractivity contribution is -0.121. The molecular weight excluding hydrogens is 392 g/mol. The van der Waals surface area contributed by atoms with Gasteiger partial charge in [0.1, 0.15) is 11.5 Å². The Morgan fingerprint density at radius 3 is 2.71 bits per heavy atom. The number of nitrogens with zero attached hydrogens (tertiary/aromatic N) is 1. The Labute approximate surface area is 181 Å². The third-order valence-electron chi connectivity index (χ3n) is 5.18. The molecule has 0 saturated carbocycles. The molecule has 0 spiro atoms. The maximum atomic E-state index is 12.6. The maximum Gasteiger partial charge on any atom is 0.265 e. The largest absolute Gasteiger partial charge is 0.497 e. The predicted octanol–water partition coefficient (Wildman–Crippen LogP) is 4.31. The van der Waals surface area contributed by atoms with Gasteiger partial charge in [0.05, 0.1) is 12.8 Å². The number of benzene rings is 3. The lowest BCUT2D eigenvalue weighted by Gasteiger charge is -2.30. The molecule has 0 aliphatic carbocycles. The number of hydrogen-bond acceptors (Lipinski definition) is 4. The summed E-state index contributed by atoms with van der Waals surface area (Å²) >= 11 is 0. The van der Waals surface area contributed by atoms with Gasteiger partial charge in [-0.05, 0) is 54.8 Å². The van der Waals surface area contributed by atoms with E-state index in [4.69, 9.17) is 9.47 Å². The molecule has 1 N–H and O–H groups in total. The molecule has 31 heavy (non-hydrogen) atoms. The number of methoxy groups -OCH3 is 1. The van der Waals surface area contributed by atoms with Gasteiger partial charge in [0.25, 0.3) is 11.8 Å². The number of amides is 2. The van der Waals surface area contributed by atoms with Crippen LogP contribution in [0.1, 0.15) is 22.3 Å². The first kappa shape index (κ1) is 20.5. The van der Waals surface area contributed by atoms with E-state index in [0.717, 1.165) is 12.8 Å². The molecular formula is C25H24N2O4. The first-order valence-corrected chi connectivity index (χ1v) is 10.2. The lowest BCUT2D eigenvalue weighted by atomic mass is 10.1. The second-order valence-electron chi connectivity index (χ2n) is 7.29. The molecule has 158 valence electrons. The Morgan fingerprint density at radius 1 is 1.06 bits per heavy atom. The molecule has 3 aromatic rings. The standard InChI is InChI=1S/C25H24N2O4/c1-30-21-11-5-10-19(15-21)25(29)26-20-12-13-23-22(16-20)27(24(28)17-31-23)14-6-9-18-7-3-2-4-8-18/h2-5,7-8,10-13,15-16H,6,9,14,17H2,1H3,(H,26,29). The summed E-state index contributed by atoms with van der Waals surface area (Å²) in [6, 6.07) is 22.5. The zero-order valence-electron chi connectivity index (χ0n) is 17.3. The summed E-state index contributed by atoms with van der Waals surface area (Å²) in [7, 11) is 1.56. The van der Waals surface area contributed by atoms with E-state index in [2.05, 4.69) is 17.4 Å². The van der Waals surface area contributed by atoms with E-state index in [1.165, 1.54) is 5.56 Å². The van der Waals surface area contributed by atoms with Crippen LogP contribution in [-0.2, 0) is 11.2 Å². The van der Waals surface area contributed by atoms with Crippen LogP contribution < -0.4 is 19.7 Å². The molecule has 0 aromatic heterocycles. The van der Waals surface area contributed by atoms with Crippen LogP contribution in [0.25, 0.3) is 0 Å². The van der Waals surface area contributed by atoms with Gasteiger partial charge in [-0.25, -0.2) is 0 Å². The minimum Gasteiger partial charge on any atom is -0.497 e. The van der Waals surface area contributed by atoms with E-state index >= 15 is 0 Å². The number of nitrogens with one attached hydrogen (secondary N) is 1. The van der Waals surface area contributed by atoms with Crippen LogP contribution in [0.5, 0.6) is 11.5 Å². The monoisotopic (exact) mass is 416 g/mol. The molecule has 0 bridgehead atoms. The Hall–Kier alpha value is -3.80. The van der Waals surface area contributed by atoms with Gasteiger partial charge in [0.15, 0.2) is 6.61 Å². The number of carbonyl (C=O) groups excluding carboxylic acids is 2. The number of anilines is 2. The second-order valence-corrected chi connectivity index (χ2v) is 7.29. The fourth-order valence-corrected chi connectivity index (χ4v) is 3.58. The quantitative estimate of drug-likeness (QED) is 0.623. The normalized spacial score (nSPS) is 12.7. The van der Waals surface area contributed by atoms with Crippen molar-refractivity contribution in [2.24, 2.45) is 0 Å². The number of fused-ring (bicyclic) bond motifs is 1. The highest BCUT2D eigenvalue weighted by Crippen LogP contribution is 2.35. The molecule has 6 nitrogen and oxygen atoms in total. The van der Waals surface area contributed by atoms with E-state index in [9.17, 15) is 9.59 Å². The molecule has 1 aliphatic heterocycles. The van der Waals surface area contributed by atoms with Gasteiger partial charge >= 0.3 is 0 Å². The topological polar surface area (TPSA) is 67.9 Å². The maximum absolute atomic E-state index is 12.6.